The summed E-state index contributed by atoms with van der Waals surface area (Å²) in [7, 11) is 1.34. The van der Waals surface area contributed by atoms with Crippen molar-refractivity contribution >= 4 is 17.6 Å². The number of carbonyl (C=O) groups is 1. The molecule has 0 amide bonds. The number of halogens is 1. The molecule has 1 radical (unpaired) electrons. The molecule has 0 N–H and O–H groups in total. The topological polar surface area (TPSA) is 39.2 Å². The fraction of sp³-hybridized carbons (Fsp3) is 0.263. The number of aryl methyl sites for hydroxylation is 1. The van der Waals surface area contributed by atoms with Gasteiger partial charge in [0.05, 0.1) is 12.1 Å². The normalized spacial score (nSPS) is 9.54. The Balaban J connectivity index is 0.00000288. The molecule has 24 heavy (non-hydrogen) atoms. The third kappa shape index (κ3) is 4.45. The molecule has 3 nitrogen and oxygen atoms in total. The first-order valence-corrected chi connectivity index (χ1v) is 7.53. The molecule has 0 spiro atoms. The molecule has 2 rings (SSSR count). The summed E-state index contributed by atoms with van der Waals surface area (Å²) in [6, 6.07) is 8.77. The number of hydrogen-bond acceptors (Lipinski definition) is 3. The van der Waals surface area contributed by atoms with Crippen LogP contribution in [0.25, 0.3) is 0 Å². The quantitative estimate of drug-likeness (QED) is 0.434. The smallest absolute Gasteiger partial charge is 0.357 e. The molecule has 121 valence electrons. The Morgan fingerprint density at radius 1 is 1.42 bits per heavy atom. The van der Waals surface area contributed by atoms with Crippen molar-refractivity contribution in [2.75, 3.05) is 7.11 Å². The molecule has 1 aromatic heterocycles. The van der Waals surface area contributed by atoms with Gasteiger partial charge in [-0.15, -0.1) is 0 Å². The van der Waals surface area contributed by atoms with Crippen LogP contribution in [0.4, 0.5) is 0 Å². The van der Waals surface area contributed by atoms with Crippen LogP contribution in [0, 0.1) is 31.8 Å². The van der Waals surface area contributed by atoms with Gasteiger partial charge < -0.3 is 4.74 Å². The van der Waals surface area contributed by atoms with Crippen LogP contribution in [0.2, 0.25) is 5.02 Å². The summed E-state index contributed by atoms with van der Waals surface area (Å²) in [5.74, 6) is 5.11. The maximum Gasteiger partial charge on any atom is 0.357 e. The zero-order valence-electron chi connectivity index (χ0n) is 14.2. The molecule has 0 saturated carbocycles. The van der Waals surface area contributed by atoms with E-state index in [9.17, 15) is 4.79 Å². The molecule has 0 aliphatic rings. The Kier molecular flexibility index (Phi) is 8.09. The Hall–Kier alpha value is -1.21. The van der Waals surface area contributed by atoms with E-state index in [-0.39, 0.29) is 38.4 Å². The summed E-state index contributed by atoms with van der Waals surface area (Å²) in [6.45, 7) is 5.57. The third-order valence-corrected chi connectivity index (χ3v) is 4.14. The van der Waals surface area contributed by atoms with E-state index in [1.807, 2.05) is 32.0 Å². The van der Waals surface area contributed by atoms with E-state index >= 15 is 0 Å². The van der Waals surface area contributed by atoms with Crippen molar-refractivity contribution in [3.05, 3.63) is 62.9 Å². The summed E-state index contributed by atoms with van der Waals surface area (Å²) in [4.78, 5) is 16.5. The SMILES string of the molecule is CC#Cc1nc(C(=O)OC)c(Cc2cc[c-]cc2C)c(C)c1Cl.[Y]. The van der Waals surface area contributed by atoms with E-state index in [1.165, 1.54) is 7.11 Å². The number of pyridine rings is 1. The van der Waals surface area contributed by atoms with Crippen LogP contribution >= 0.6 is 11.6 Å². The van der Waals surface area contributed by atoms with Gasteiger partial charge in [0, 0.05) is 32.7 Å². The molecule has 0 fully saturated rings. The number of nitrogens with zero attached hydrogens (tertiary/aromatic N) is 1. The van der Waals surface area contributed by atoms with E-state index < -0.39 is 5.97 Å². The van der Waals surface area contributed by atoms with Crippen LogP contribution in [-0.4, -0.2) is 18.1 Å². The van der Waals surface area contributed by atoms with E-state index in [4.69, 9.17) is 16.3 Å². The summed E-state index contributed by atoms with van der Waals surface area (Å²) < 4.78 is 4.87. The maximum absolute atomic E-state index is 12.1. The molecule has 0 unspecified atom stereocenters. The van der Waals surface area contributed by atoms with Crippen LogP contribution in [0.15, 0.2) is 18.2 Å². The van der Waals surface area contributed by atoms with Gasteiger partial charge in [-0.25, -0.2) is 9.78 Å². The van der Waals surface area contributed by atoms with E-state index in [0.29, 0.717) is 17.1 Å². The van der Waals surface area contributed by atoms with Crippen molar-refractivity contribution in [1.29, 1.82) is 0 Å². The minimum atomic E-state index is -0.487. The fourth-order valence-electron chi connectivity index (χ4n) is 2.33. The van der Waals surface area contributed by atoms with Crippen molar-refractivity contribution in [3.8, 4) is 11.8 Å². The second-order valence-corrected chi connectivity index (χ2v) is 5.50. The van der Waals surface area contributed by atoms with Crippen LogP contribution in [0.3, 0.4) is 0 Å². The molecule has 0 bridgehead atoms. The molecule has 0 atom stereocenters. The van der Waals surface area contributed by atoms with Crippen molar-refractivity contribution in [2.45, 2.75) is 27.2 Å². The summed E-state index contributed by atoms with van der Waals surface area (Å²) >= 11 is 6.38. The average Bonchev–Trinajstić information content (AvgIpc) is 2.55. The first kappa shape index (κ1) is 20.8. The predicted molar refractivity (Wildman–Crippen MR) is 90.7 cm³/mol. The van der Waals surface area contributed by atoms with Gasteiger partial charge in [0.15, 0.2) is 5.69 Å². The summed E-state index contributed by atoms with van der Waals surface area (Å²) in [5.41, 5.74) is 4.40. The van der Waals surface area contributed by atoms with Gasteiger partial charge in [0.25, 0.3) is 0 Å². The molecule has 1 aromatic carbocycles. The predicted octanol–water partition coefficient (Wildman–Crippen LogP) is 3.90. The zero-order valence-corrected chi connectivity index (χ0v) is 17.8. The first-order chi connectivity index (χ1) is 11.0. The molecule has 5 heteroatoms. The van der Waals surface area contributed by atoms with Gasteiger partial charge in [0.1, 0.15) is 5.69 Å². The minimum Gasteiger partial charge on any atom is -0.464 e. The second kappa shape index (κ2) is 9.32. The number of esters is 1. The summed E-state index contributed by atoms with van der Waals surface area (Å²) in [5, 5.41) is 0.474. The molecule has 0 saturated heterocycles. The van der Waals surface area contributed by atoms with Crippen LogP contribution in [0.1, 0.15) is 45.4 Å². The van der Waals surface area contributed by atoms with E-state index in [0.717, 1.165) is 22.3 Å². The maximum atomic E-state index is 12.1. The van der Waals surface area contributed by atoms with Crippen molar-refractivity contribution in [1.82, 2.24) is 4.98 Å². The Bertz CT molecular complexity index is 822. The van der Waals surface area contributed by atoms with Gasteiger partial charge in [-0.3, -0.25) is 0 Å². The zero-order chi connectivity index (χ0) is 17.0. The fourth-order valence-corrected chi connectivity index (χ4v) is 2.54. The molecule has 0 aliphatic heterocycles. The molecule has 0 aliphatic carbocycles. The van der Waals surface area contributed by atoms with Crippen molar-refractivity contribution in [2.24, 2.45) is 0 Å². The standard InChI is InChI=1S/C19H17ClNO2.Y/c1-5-8-16-17(20)13(3)15(18(21-16)19(22)23-4)11-14-10-7-6-9-12(14)2;/h7,9-10H,11H2,1-4H3;/q-1;. The number of rotatable bonds is 3. The molecular formula is C19H17ClNO2Y-. The van der Waals surface area contributed by atoms with Gasteiger partial charge in [-0.1, -0.05) is 24.4 Å². The number of aromatic nitrogens is 1. The average molecular weight is 416 g/mol. The number of methoxy groups -OCH3 is 1. The minimum absolute atomic E-state index is 0. The largest absolute Gasteiger partial charge is 0.464 e. The number of hydrogen-bond donors (Lipinski definition) is 0. The van der Waals surface area contributed by atoms with E-state index in [2.05, 4.69) is 22.9 Å². The Morgan fingerprint density at radius 3 is 2.71 bits per heavy atom. The molecule has 1 heterocycles. The van der Waals surface area contributed by atoms with Crippen LogP contribution in [-0.2, 0) is 43.9 Å². The van der Waals surface area contributed by atoms with E-state index in [1.54, 1.807) is 6.92 Å². The van der Waals surface area contributed by atoms with Gasteiger partial charge in [-0.2, -0.15) is 35.4 Å². The third-order valence-electron chi connectivity index (χ3n) is 3.68. The number of ether oxygens (including phenoxy) is 1. The molecule has 2 aromatic rings. The first-order valence-electron chi connectivity index (χ1n) is 7.15. The number of carbonyl (C=O) groups excluding carboxylic acids is 1. The Labute approximate surface area is 173 Å². The van der Waals surface area contributed by atoms with Crippen LogP contribution in [0.5, 0.6) is 0 Å². The monoisotopic (exact) mass is 415 g/mol. The van der Waals surface area contributed by atoms with Crippen LogP contribution < -0.4 is 0 Å². The van der Waals surface area contributed by atoms with Gasteiger partial charge in [0.2, 0.25) is 0 Å². The van der Waals surface area contributed by atoms with Gasteiger partial charge >= 0.3 is 5.97 Å². The van der Waals surface area contributed by atoms with Gasteiger partial charge in [-0.05, 0) is 37.3 Å². The number of benzene rings is 1. The van der Waals surface area contributed by atoms with Crippen molar-refractivity contribution < 1.29 is 42.2 Å². The second-order valence-electron chi connectivity index (χ2n) is 5.12. The Morgan fingerprint density at radius 2 is 2.12 bits per heavy atom. The summed E-state index contributed by atoms with van der Waals surface area (Å²) in [6.07, 6.45) is 0.545. The molecular weight excluding hydrogens is 399 g/mol. The van der Waals surface area contributed by atoms with Crippen molar-refractivity contribution in [3.63, 3.8) is 0 Å².